The van der Waals surface area contributed by atoms with E-state index in [-0.39, 0.29) is 47.8 Å². The fraction of sp³-hybridized carbons (Fsp3) is 0.435. The Morgan fingerprint density at radius 2 is 1.56 bits per heavy atom. The van der Waals surface area contributed by atoms with Crippen LogP contribution in [-0.4, -0.2) is 118 Å². The number of anilines is 2. The molecule has 2 unspecified atom stereocenters. The number of carbonyl (C=O) groups excluding carboxylic acids is 4. The molecule has 14 nitrogen and oxygen atoms in total. The van der Waals surface area contributed by atoms with Gasteiger partial charge < -0.3 is 25.0 Å². The molecule has 0 aliphatic carbocycles. The van der Waals surface area contributed by atoms with Crippen molar-refractivity contribution in [1.82, 2.24) is 30.0 Å². The van der Waals surface area contributed by atoms with Gasteiger partial charge in [0.1, 0.15) is 11.9 Å². The lowest BCUT2D eigenvalue weighted by Gasteiger charge is -2.38. The van der Waals surface area contributed by atoms with Gasteiger partial charge in [-0.3, -0.25) is 34.3 Å². The zero-order valence-corrected chi connectivity index (χ0v) is 35.1. The molecule has 0 radical (unpaired) electrons. The highest BCUT2D eigenvalue weighted by molar-refractivity contribution is 6.33. The minimum atomic E-state index is -1.33. The monoisotopic (exact) mass is 864 g/mol. The van der Waals surface area contributed by atoms with Gasteiger partial charge in [0.15, 0.2) is 5.75 Å². The van der Waals surface area contributed by atoms with E-state index in [1.54, 1.807) is 23.2 Å². The number of nitrogens with zero attached hydrogens (tertiary/aromatic N) is 6. The van der Waals surface area contributed by atoms with E-state index in [1.165, 1.54) is 12.1 Å². The normalized spacial score (nSPS) is 21.7. The number of carbonyl (C=O) groups is 4. The summed E-state index contributed by atoms with van der Waals surface area (Å²) in [5, 5.41) is 17.1. The van der Waals surface area contributed by atoms with Gasteiger partial charge in [-0.2, -0.15) is 0 Å². The number of rotatable bonds is 9. The summed E-state index contributed by atoms with van der Waals surface area (Å²) < 4.78 is 19.4. The number of aliphatic hydroxyl groups excluding tert-OH is 1. The average Bonchev–Trinajstić information content (AvgIpc) is 3.63. The number of aromatic nitrogens is 2. The van der Waals surface area contributed by atoms with Gasteiger partial charge in [0.05, 0.1) is 29.1 Å². The average molecular weight is 865 g/mol. The van der Waals surface area contributed by atoms with Gasteiger partial charge in [0.2, 0.25) is 29.6 Å². The van der Waals surface area contributed by atoms with E-state index in [0.29, 0.717) is 80.3 Å². The lowest BCUT2D eigenvalue weighted by Crippen LogP contribution is -2.55. The molecule has 4 amide bonds. The number of hydrogen-bond acceptors (Lipinski definition) is 11. The summed E-state index contributed by atoms with van der Waals surface area (Å²) in [6.07, 6.45) is 5.21. The summed E-state index contributed by atoms with van der Waals surface area (Å²) >= 11 is 6.57. The van der Waals surface area contributed by atoms with Crippen LogP contribution in [0, 0.1) is 11.7 Å². The van der Waals surface area contributed by atoms with E-state index in [2.05, 4.69) is 20.5 Å². The molecule has 4 aromatic rings. The summed E-state index contributed by atoms with van der Waals surface area (Å²) in [5.41, 5.74) is 4.82. The molecule has 4 fully saturated rings. The third-order valence-electron chi connectivity index (χ3n) is 13.1. The van der Waals surface area contributed by atoms with Crippen molar-refractivity contribution in [3.05, 3.63) is 89.3 Å². The summed E-state index contributed by atoms with van der Waals surface area (Å²) in [6, 6.07) is 19.3. The summed E-state index contributed by atoms with van der Waals surface area (Å²) in [5.74, 6) is 0.314. The summed E-state index contributed by atoms with van der Waals surface area (Å²) in [4.78, 5) is 68.3. The van der Waals surface area contributed by atoms with E-state index < -0.39 is 18.4 Å². The highest BCUT2D eigenvalue weighted by atomic mass is 35.5. The van der Waals surface area contributed by atoms with E-state index in [4.69, 9.17) is 21.3 Å². The standard InChI is InChI=1S/C46H50ClFN8O6/c47-36-26-49-45(52-41(36)32-4-1-3-31(25-32)28-7-9-33(48)10-8-28)50-34-17-23-55(24-18-34)44(60)30-13-19-53(20-14-30)27-40(58)54-21-15-29(16-22-54)35-5-2-6-37-42(35)62-46(61)56(37)38-11-12-39(57)51-43(38)59/h1-10,25-26,29-30,34,38,46,61H,11-24,27H2,(H,49,50,52)(H,51,57,59). The van der Waals surface area contributed by atoms with Crippen LogP contribution < -0.4 is 20.3 Å². The van der Waals surface area contributed by atoms with Crippen LogP contribution in [0.1, 0.15) is 62.8 Å². The molecule has 62 heavy (non-hydrogen) atoms. The number of fused-ring (bicyclic) bond motifs is 1. The molecule has 3 N–H and O–H groups in total. The van der Waals surface area contributed by atoms with Crippen LogP contribution in [0.25, 0.3) is 22.4 Å². The van der Waals surface area contributed by atoms with Gasteiger partial charge in [-0.25, -0.2) is 14.4 Å². The van der Waals surface area contributed by atoms with Gasteiger partial charge in [0.25, 0.3) is 6.41 Å². The van der Waals surface area contributed by atoms with E-state index in [1.807, 2.05) is 52.3 Å². The number of halogens is 2. The fourth-order valence-electron chi connectivity index (χ4n) is 9.63. The lowest BCUT2D eigenvalue weighted by atomic mass is 9.88. The number of benzene rings is 3. The molecule has 0 spiro atoms. The highest BCUT2D eigenvalue weighted by Crippen LogP contribution is 2.46. The smallest absolute Gasteiger partial charge is 0.282 e. The molecule has 6 heterocycles. The Balaban J connectivity index is 0.716. The largest absolute Gasteiger partial charge is 0.444 e. The SMILES string of the molecule is O=C1CCC(N2c3cccc(C4CCN(C(=O)CN5CCC(C(=O)N6CCC(Nc7ncc(Cl)c(-c8cccc(-c9ccc(F)cc9)c8)n7)CC6)CC5)CC4)c3OC2O)C(=O)N1. The molecule has 9 rings (SSSR count). The van der Waals surface area contributed by atoms with Gasteiger partial charge in [-0.15, -0.1) is 0 Å². The maximum absolute atomic E-state index is 13.6. The molecule has 0 bridgehead atoms. The van der Waals surface area contributed by atoms with Crippen LogP contribution in [0.15, 0.2) is 72.9 Å². The van der Waals surface area contributed by atoms with Crippen molar-refractivity contribution in [3.8, 4) is 28.1 Å². The number of amides is 4. The molecule has 3 aromatic carbocycles. The Morgan fingerprint density at radius 1 is 0.855 bits per heavy atom. The second-order valence-corrected chi connectivity index (χ2v) is 17.3. The van der Waals surface area contributed by atoms with Crippen LogP contribution in [0.3, 0.4) is 0 Å². The van der Waals surface area contributed by atoms with Gasteiger partial charge in [-0.1, -0.05) is 54.1 Å². The van der Waals surface area contributed by atoms with Crippen LogP contribution >= 0.6 is 11.6 Å². The van der Waals surface area contributed by atoms with Crippen molar-refractivity contribution >= 4 is 46.9 Å². The maximum Gasteiger partial charge on any atom is 0.282 e. The number of likely N-dealkylation sites (tertiary alicyclic amines) is 3. The first kappa shape index (κ1) is 41.7. The van der Waals surface area contributed by atoms with Crippen LogP contribution in [0.4, 0.5) is 16.0 Å². The number of nitrogens with one attached hydrogen (secondary N) is 2. The Morgan fingerprint density at radius 3 is 2.31 bits per heavy atom. The van der Waals surface area contributed by atoms with Crippen molar-refractivity contribution in [2.75, 3.05) is 56.0 Å². The molecule has 2 atom stereocenters. The minimum Gasteiger partial charge on any atom is -0.444 e. The maximum atomic E-state index is 13.6. The van der Waals surface area contributed by atoms with Crippen LogP contribution in [0.5, 0.6) is 5.75 Å². The molecule has 5 aliphatic rings. The zero-order valence-electron chi connectivity index (χ0n) is 34.3. The fourth-order valence-corrected chi connectivity index (χ4v) is 9.83. The predicted molar refractivity (Wildman–Crippen MR) is 231 cm³/mol. The molecule has 1 aromatic heterocycles. The number of aliphatic hydroxyl groups is 1. The van der Waals surface area contributed by atoms with Crippen molar-refractivity contribution in [1.29, 1.82) is 0 Å². The van der Waals surface area contributed by atoms with E-state index in [9.17, 15) is 28.7 Å². The van der Waals surface area contributed by atoms with Crippen molar-refractivity contribution in [2.24, 2.45) is 5.92 Å². The molecule has 324 valence electrons. The first-order valence-electron chi connectivity index (χ1n) is 21.6. The molecule has 0 saturated carbocycles. The van der Waals surface area contributed by atoms with Gasteiger partial charge >= 0.3 is 0 Å². The predicted octanol–water partition coefficient (Wildman–Crippen LogP) is 5.40. The number of para-hydroxylation sites is 1. The Kier molecular flexibility index (Phi) is 12.1. The number of piperidine rings is 4. The van der Waals surface area contributed by atoms with Crippen LogP contribution in [-0.2, 0) is 19.2 Å². The topological polar surface area (TPSA) is 161 Å². The Hall–Kier alpha value is -5.64. The molecule has 5 aliphatic heterocycles. The minimum absolute atomic E-state index is 0.0614. The third-order valence-corrected chi connectivity index (χ3v) is 13.4. The Labute approximate surface area is 364 Å². The third kappa shape index (κ3) is 8.83. The van der Waals surface area contributed by atoms with Gasteiger partial charge in [-0.05, 0) is 105 Å². The number of hydrogen-bond donors (Lipinski definition) is 3. The molecule has 4 saturated heterocycles. The second kappa shape index (κ2) is 18.0. The van der Waals surface area contributed by atoms with Crippen molar-refractivity contribution in [2.45, 2.75) is 75.8 Å². The number of imide groups is 1. The molecular formula is C46H50ClFN8O6. The van der Waals surface area contributed by atoms with E-state index in [0.717, 1.165) is 60.8 Å². The summed E-state index contributed by atoms with van der Waals surface area (Å²) in [6.45, 7) is 4.20. The van der Waals surface area contributed by atoms with Crippen LogP contribution in [0.2, 0.25) is 5.02 Å². The quantitative estimate of drug-likeness (QED) is 0.185. The first-order valence-corrected chi connectivity index (χ1v) is 22.0. The zero-order chi connectivity index (χ0) is 42.9. The first-order chi connectivity index (χ1) is 30.1. The van der Waals surface area contributed by atoms with Crippen molar-refractivity contribution < 1.29 is 33.4 Å². The molecule has 16 heteroatoms. The second-order valence-electron chi connectivity index (χ2n) is 16.9. The number of ether oxygens (including phenoxy) is 1. The van der Waals surface area contributed by atoms with Crippen molar-refractivity contribution in [3.63, 3.8) is 0 Å². The summed E-state index contributed by atoms with van der Waals surface area (Å²) in [7, 11) is 0. The van der Waals surface area contributed by atoms with E-state index >= 15 is 0 Å². The molecular weight excluding hydrogens is 815 g/mol. The highest BCUT2D eigenvalue weighted by Gasteiger charge is 2.43. The Bertz CT molecular complexity index is 2330. The lowest BCUT2D eigenvalue weighted by molar-refractivity contribution is -0.139. The van der Waals surface area contributed by atoms with Gasteiger partial charge in [0, 0.05) is 50.1 Å².